The van der Waals surface area contributed by atoms with Crippen LogP contribution in [0.15, 0.2) is 4.99 Å². The molecule has 1 saturated heterocycles. The Labute approximate surface area is 147 Å². The van der Waals surface area contributed by atoms with Gasteiger partial charge in [0.1, 0.15) is 18.5 Å². The Kier molecular flexibility index (Phi) is 6.22. The fourth-order valence-electron chi connectivity index (χ4n) is 3.84. The summed E-state index contributed by atoms with van der Waals surface area (Å²) in [5, 5.41) is 6.16. The molecule has 25 heavy (non-hydrogen) atoms. The van der Waals surface area contributed by atoms with Gasteiger partial charge in [0.05, 0.1) is 0 Å². The lowest BCUT2D eigenvalue weighted by Crippen LogP contribution is -2.49. The number of nitrogens with zero attached hydrogens (tertiary/aromatic N) is 1. The first-order valence-corrected chi connectivity index (χ1v) is 9.45. The van der Waals surface area contributed by atoms with Crippen LogP contribution in [0.3, 0.4) is 0 Å². The Morgan fingerprint density at radius 1 is 1.04 bits per heavy atom. The lowest BCUT2D eigenvalue weighted by Gasteiger charge is -2.27. The van der Waals surface area contributed by atoms with Gasteiger partial charge in [0.25, 0.3) is 0 Å². The molecule has 8 heteroatoms. The summed E-state index contributed by atoms with van der Waals surface area (Å²) in [6.45, 7) is 2.06. The summed E-state index contributed by atoms with van der Waals surface area (Å²) in [4.78, 5) is 17.1. The van der Waals surface area contributed by atoms with E-state index >= 15 is 0 Å². The number of rotatable bonds is 3. The van der Waals surface area contributed by atoms with Crippen LogP contribution in [-0.4, -0.2) is 42.5 Å². The van der Waals surface area contributed by atoms with Crippen molar-refractivity contribution in [2.24, 2.45) is 10.9 Å². The molecule has 6 nitrogen and oxygen atoms in total. The maximum atomic E-state index is 13.6. The quantitative estimate of drug-likeness (QED) is 0.458. The van der Waals surface area contributed by atoms with Gasteiger partial charge in [-0.2, -0.15) is 0 Å². The molecule has 1 amide bonds. The molecular weight excluding hydrogens is 328 g/mol. The molecule has 0 radical (unpaired) electrons. The maximum Gasteiger partial charge on any atom is 0.229 e. The van der Waals surface area contributed by atoms with Gasteiger partial charge in [-0.1, -0.05) is 12.8 Å². The van der Waals surface area contributed by atoms with Crippen LogP contribution in [0.25, 0.3) is 0 Å². The summed E-state index contributed by atoms with van der Waals surface area (Å²) in [6.07, 6.45) is 2.61. The van der Waals surface area contributed by atoms with Gasteiger partial charge in [-0.3, -0.25) is 15.5 Å². The first-order chi connectivity index (χ1) is 12.0. The van der Waals surface area contributed by atoms with E-state index in [1.165, 1.54) is 12.8 Å². The largest absolute Gasteiger partial charge is 0.353 e. The number of alkyl halides is 2. The second-order valence-corrected chi connectivity index (χ2v) is 7.58. The Hall–Kier alpha value is -1.28. The number of carbonyl (C=O) groups excluding carboxylic acids is 1. The van der Waals surface area contributed by atoms with E-state index in [1.807, 2.05) is 0 Å². The summed E-state index contributed by atoms with van der Waals surface area (Å²) < 4.78 is 26.9. The first kappa shape index (κ1) is 18.5. The molecule has 0 aromatic rings. The van der Waals surface area contributed by atoms with E-state index in [0.29, 0.717) is 24.5 Å². The molecule has 1 heterocycles. The summed E-state index contributed by atoms with van der Waals surface area (Å²) in [7, 11) is 0. The molecule has 3 aliphatic rings. The smallest absolute Gasteiger partial charge is 0.229 e. The lowest BCUT2D eigenvalue weighted by atomic mass is 9.86. The molecule has 2 saturated carbocycles. The third-order valence-electron chi connectivity index (χ3n) is 5.36. The number of hydrazine groups is 1. The minimum Gasteiger partial charge on any atom is -0.353 e. The number of nitrogens with one attached hydrogen (secondary N) is 4. The number of amides is 1. The van der Waals surface area contributed by atoms with E-state index in [9.17, 15) is 13.6 Å². The van der Waals surface area contributed by atoms with E-state index in [-0.39, 0.29) is 24.9 Å². The summed E-state index contributed by atoms with van der Waals surface area (Å²) in [6, 6.07) is 0.616. The molecule has 4 N–H and O–H groups in total. The first-order valence-electron chi connectivity index (χ1n) is 9.45. The number of hydrogen-bond donors (Lipinski definition) is 4. The van der Waals surface area contributed by atoms with Crippen molar-refractivity contribution in [3.05, 3.63) is 0 Å². The van der Waals surface area contributed by atoms with Crippen LogP contribution in [-0.2, 0) is 4.79 Å². The van der Waals surface area contributed by atoms with Crippen molar-refractivity contribution in [3.8, 4) is 0 Å². The Morgan fingerprint density at radius 3 is 2.44 bits per heavy atom. The standard InChI is InChI=1S/C17H29F2N5O/c1-10-8-15(24-23-10)21-17(20-12-4-2-3-5-12)22-16(25)11-6-7-13(18)14(19)9-11/h10-15,23-24H,2-9H2,1H3,(H2,20,21,22,25). The number of carbonyl (C=O) groups is 1. The van der Waals surface area contributed by atoms with Crippen molar-refractivity contribution in [1.82, 2.24) is 21.5 Å². The predicted molar refractivity (Wildman–Crippen MR) is 92.2 cm³/mol. The van der Waals surface area contributed by atoms with Gasteiger partial charge < -0.3 is 5.32 Å². The van der Waals surface area contributed by atoms with Crippen LogP contribution in [0.2, 0.25) is 0 Å². The number of aliphatic imine (C=N–C) groups is 1. The fraction of sp³-hybridized carbons (Fsp3) is 0.882. The zero-order chi connectivity index (χ0) is 17.8. The summed E-state index contributed by atoms with van der Waals surface area (Å²) in [5.41, 5.74) is 6.20. The average Bonchev–Trinajstić information content (AvgIpc) is 3.22. The molecule has 5 unspecified atom stereocenters. The highest BCUT2D eigenvalue weighted by Crippen LogP contribution is 2.29. The fourth-order valence-corrected chi connectivity index (χ4v) is 3.84. The summed E-state index contributed by atoms with van der Waals surface area (Å²) >= 11 is 0. The van der Waals surface area contributed by atoms with Crippen molar-refractivity contribution in [2.45, 2.75) is 88.9 Å². The third-order valence-corrected chi connectivity index (χ3v) is 5.36. The summed E-state index contributed by atoms with van der Waals surface area (Å²) in [5.74, 6) is -0.313. The van der Waals surface area contributed by atoms with Crippen LogP contribution >= 0.6 is 0 Å². The predicted octanol–water partition coefficient (Wildman–Crippen LogP) is 1.68. The number of halogens is 2. The zero-order valence-corrected chi connectivity index (χ0v) is 14.7. The van der Waals surface area contributed by atoms with Crippen LogP contribution in [0.5, 0.6) is 0 Å². The van der Waals surface area contributed by atoms with E-state index in [1.54, 1.807) is 0 Å². The molecule has 3 fully saturated rings. The maximum absolute atomic E-state index is 13.6. The average molecular weight is 357 g/mol. The minimum atomic E-state index is -1.55. The van der Waals surface area contributed by atoms with Gasteiger partial charge in [-0.15, -0.1) is 0 Å². The highest BCUT2D eigenvalue weighted by atomic mass is 19.2. The van der Waals surface area contributed by atoms with Crippen molar-refractivity contribution < 1.29 is 13.6 Å². The SMILES string of the molecule is CC1CC(/N=C(/NC(=O)C2CCC(F)C(F)C2)NC2CCCC2)NN1. The third kappa shape index (κ3) is 5.10. The Bertz CT molecular complexity index is 497. The second-order valence-electron chi connectivity index (χ2n) is 7.58. The second kappa shape index (κ2) is 8.40. The Morgan fingerprint density at radius 2 is 1.80 bits per heavy atom. The molecule has 0 aromatic carbocycles. The van der Waals surface area contributed by atoms with Crippen molar-refractivity contribution in [2.75, 3.05) is 0 Å². The molecule has 0 aromatic heterocycles. The highest BCUT2D eigenvalue weighted by Gasteiger charge is 2.34. The van der Waals surface area contributed by atoms with Gasteiger partial charge in [0.2, 0.25) is 5.91 Å². The van der Waals surface area contributed by atoms with Crippen molar-refractivity contribution >= 4 is 11.9 Å². The Balaban J connectivity index is 1.61. The van der Waals surface area contributed by atoms with E-state index in [2.05, 4.69) is 33.4 Å². The van der Waals surface area contributed by atoms with Gasteiger partial charge in [0, 0.05) is 24.4 Å². The number of hydrogen-bond acceptors (Lipinski definition) is 4. The number of guanidine groups is 1. The molecular formula is C17H29F2N5O. The zero-order valence-electron chi connectivity index (χ0n) is 14.7. The molecule has 3 rings (SSSR count). The van der Waals surface area contributed by atoms with Crippen LogP contribution < -0.4 is 21.5 Å². The minimum absolute atomic E-state index is 0.0516. The molecule has 0 spiro atoms. The van der Waals surface area contributed by atoms with Crippen LogP contribution in [0.4, 0.5) is 8.78 Å². The molecule has 1 aliphatic heterocycles. The molecule has 5 atom stereocenters. The van der Waals surface area contributed by atoms with E-state index in [0.717, 1.165) is 19.3 Å². The topological polar surface area (TPSA) is 77.5 Å². The van der Waals surface area contributed by atoms with Crippen molar-refractivity contribution in [1.29, 1.82) is 0 Å². The van der Waals surface area contributed by atoms with Gasteiger partial charge in [-0.25, -0.2) is 19.2 Å². The normalized spacial score (nSPS) is 37.2. The monoisotopic (exact) mass is 357 g/mol. The molecule has 142 valence electrons. The van der Waals surface area contributed by atoms with E-state index < -0.39 is 18.3 Å². The highest BCUT2D eigenvalue weighted by molar-refractivity contribution is 5.98. The van der Waals surface area contributed by atoms with Crippen molar-refractivity contribution in [3.63, 3.8) is 0 Å². The lowest BCUT2D eigenvalue weighted by molar-refractivity contribution is -0.125. The van der Waals surface area contributed by atoms with Gasteiger partial charge >= 0.3 is 0 Å². The van der Waals surface area contributed by atoms with Gasteiger partial charge in [0.15, 0.2) is 5.96 Å². The van der Waals surface area contributed by atoms with Crippen LogP contribution in [0.1, 0.15) is 58.3 Å². The molecule has 0 bridgehead atoms. The molecule has 2 aliphatic carbocycles. The van der Waals surface area contributed by atoms with E-state index in [4.69, 9.17) is 0 Å². The van der Waals surface area contributed by atoms with Crippen LogP contribution in [0, 0.1) is 5.92 Å². The van der Waals surface area contributed by atoms with Gasteiger partial charge in [-0.05, 0) is 39.0 Å².